The molecule has 0 fully saturated rings. The summed E-state index contributed by atoms with van der Waals surface area (Å²) in [5.74, 6) is 1.88. The summed E-state index contributed by atoms with van der Waals surface area (Å²) in [4.78, 5) is 5.57. The molecule has 2 N–H and O–H groups in total. The maximum Gasteiger partial charge on any atom is 0.246 e. The summed E-state index contributed by atoms with van der Waals surface area (Å²) in [5, 5.41) is 3.98. The van der Waals surface area contributed by atoms with Crippen LogP contribution in [0.2, 0.25) is 0 Å². The van der Waals surface area contributed by atoms with Crippen molar-refractivity contribution in [2.45, 2.75) is 43.4 Å². The first-order chi connectivity index (χ1) is 9.01. The first kappa shape index (κ1) is 14.1. The third kappa shape index (κ3) is 3.58. The zero-order valence-electron chi connectivity index (χ0n) is 11.5. The highest BCUT2D eigenvalue weighted by Crippen LogP contribution is 2.24. The van der Waals surface area contributed by atoms with E-state index in [-0.39, 0.29) is 0 Å². The molecule has 1 aromatic carbocycles. The smallest absolute Gasteiger partial charge is 0.246 e. The van der Waals surface area contributed by atoms with Crippen LogP contribution in [0, 0.1) is 6.92 Å². The van der Waals surface area contributed by atoms with Crippen molar-refractivity contribution in [2.24, 2.45) is 5.73 Å². The molecule has 0 aliphatic heterocycles. The number of rotatable bonds is 5. The Morgan fingerprint density at radius 1 is 1.42 bits per heavy atom. The lowest BCUT2D eigenvalue weighted by Gasteiger charge is -2.16. The summed E-state index contributed by atoms with van der Waals surface area (Å²) in [5.41, 5.74) is 6.78. The third-order valence-corrected chi connectivity index (χ3v) is 4.04. The highest BCUT2D eigenvalue weighted by atomic mass is 32.2. The van der Waals surface area contributed by atoms with E-state index in [0.29, 0.717) is 17.5 Å². The second kappa shape index (κ2) is 5.75. The first-order valence-electron chi connectivity index (χ1n) is 6.32. The summed E-state index contributed by atoms with van der Waals surface area (Å²) < 4.78 is 5.23. The molecule has 0 saturated heterocycles. The number of thioether (sulfide) groups is 1. The van der Waals surface area contributed by atoms with Crippen LogP contribution in [0.5, 0.6) is 0 Å². The minimum atomic E-state index is -0.542. The maximum atomic E-state index is 6.07. The zero-order chi connectivity index (χ0) is 13.9. The SMILES string of the molecule is CCC(C)(N)c1nc(CSc2cccc(C)c2)no1. The molecule has 0 amide bonds. The number of hydrogen-bond donors (Lipinski definition) is 1. The van der Waals surface area contributed by atoms with Gasteiger partial charge in [0.15, 0.2) is 5.82 Å². The molecule has 1 heterocycles. The average Bonchev–Trinajstić information content (AvgIpc) is 2.86. The van der Waals surface area contributed by atoms with Gasteiger partial charge in [0.05, 0.1) is 11.3 Å². The molecular weight excluding hydrogens is 258 g/mol. The minimum Gasteiger partial charge on any atom is -0.337 e. The summed E-state index contributed by atoms with van der Waals surface area (Å²) in [6.45, 7) is 5.99. The van der Waals surface area contributed by atoms with Crippen LogP contribution in [-0.2, 0) is 11.3 Å². The van der Waals surface area contributed by atoms with Gasteiger partial charge < -0.3 is 10.3 Å². The van der Waals surface area contributed by atoms with E-state index < -0.39 is 5.54 Å². The fourth-order valence-electron chi connectivity index (χ4n) is 1.55. The van der Waals surface area contributed by atoms with Gasteiger partial charge in [0.2, 0.25) is 5.89 Å². The molecule has 0 radical (unpaired) electrons. The number of nitrogens with zero attached hydrogens (tertiary/aromatic N) is 2. The Bertz CT molecular complexity index is 551. The van der Waals surface area contributed by atoms with E-state index in [2.05, 4.69) is 35.3 Å². The highest BCUT2D eigenvalue weighted by Gasteiger charge is 2.25. The summed E-state index contributed by atoms with van der Waals surface area (Å²) >= 11 is 1.69. The van der Waals surface area contributed by atoms with E-state index >= 15 is 0 Å². The van der Waals surface area contributed by atoms with Crippen LogP contribution < -0.4 is 5.73 Å². The van der Waals surface area contributed by atoms with E-state index in [0.717, 1.165) is 6.42 Å². The van der Waals surface area contributed by atoms with Crippen molar-refractivity contribution < 1.29 is 4.52 Å². The number of nitrogens with two attached hydrogens (primary N) is 1. The molecule has 2 rings (SSSR count). The second-order valence-electron chi connectivity index (χ2n) is 4.89. The summed E-state index contributed by atoms with van der Waals surface area (Å²) in [6.07, 6.45) is 0.764. The molecule has 1 unspecified atom stereocenters. The predicted molar refractivity (Wildman–Crippen MR) is 76.9 cm³/mol. The van der Waals surface area contributed by atoms with Gasteiger partial charge in [-0.15, -0.1) is 11.8 Å². The van der Waals surface area contributed by atoms with Crippen molar-refractivity contribution in [1.82, 2.24) is 10.1 Å². The van der Waals surface area contributed by atoms with Gasteiger partial charge in [0.1, 0.15) is 0 Å². The number of aryl methyl sites for hydroxylation is 1. The lowest BCUT2D eigenvalue weighted by Crippen LogP contribution is -2.32. The topological polar surface area (TPSA) is 64.9 Å². The number of benzene rings is 1. The third-order valence-electron chi connectivity index (χ3n) is 3.05. The highest BCUT2D eigenvalue weighted by molar-refractivity contribution is 7.98. The molecule has 0 bridgehead atoms. The van der Waals surface area contributed by atoms with Crippen LogP contribution in [-0.4, -0.2) is 10.1 Å². The molecule has 0 saturated carbocycles. The van der Waals surface area contributed by atoms with Crippen LogP contribution in [0.25, 0.3) is 0 Å². The van der Waals surface area contributed by atoms with E-state index in [1.165, 1.54) is 10.5 Å². The first-order valence-corrected chi connectivity index (χ1v) is 7.31. The van der Waals surface area contributed by atoms with Gasteiger partial charge in [-0.05, 0) is 32.4 Å². The van der Waals surface area contributed by atoms with Crippen molar-refractivity contribution in [3.8, 4) is 0 Å². The molecule has 0 aliphatic rings. The Kier molecular flexibility index (Phi) is 4.27. The van der Waals surface area contributed by atoms with Gasteiger partial charge >= 0.3 is 0 Å². The fraction of sp³-hybridized carbons (Fsp3) is 0.429. The molecule has 5 heteroatoms. The van der Waals surface area contributed by atoms with Crippen molar-refractivity contribution in [3.63, 3.8) is 0 Å². The van der Waals surface area contributed by atoms with Gasteiger partial charge in [-0.1, -0.05) is 29.8 Å². The molecule has 2 aromatic rings. The fourth-order valence-corrected chi connectivity index (χ4v) is 2.41. The monoisotopic (exact) mass is 277 g/mol. The van der Waals surface area contributed by atoms with Gasteiger partial charge in [-0.3, -0.25) is 0 Å². The Balaban J connectivity index is 2.01. The van der Waals surface area contributed by atoms with Gasteiger partial charge in [0, 0.05) is 4.90 Å². The van der Waals surface area contributed by atoms with Crippen LogP contribution >= 0.6 is 11.8 Å². The summed E-state index contributed by atoms with van der Waals surface area (Å²) in [7, 11) is 0. The van der Waals surface area contributed by atoms with Gasteiger partial charge in [0.25, 0.3) is 0 Å². The Hall–Kier alpha value is -1.33. The molecule has 19 heavy (non-hydrogen) atoms. The number of aromatic nitrogens is 2. The average molecular weight is 277 g/mol. The van der Waals surface area contributed by atoms with E-state index in [1.54, 1.807) is 11.8 Å². The van der Waals surface area contributed by atoms with Crippen molar-refractivity contribution in [2.75, 3.05) is 0 Å². The molecular formula is C14H19N3OS. The van der Waals surface area contributed by atoms with E-state index in [9.17, 15) is 0 Å². The standard InChI is InChI=1S/C14H19N3OS/c1-4-14(3,15)13-16-12(17-18-13)9-19-11-7-5-6-10(2)8-11/h5-8H,4,9,15H2,1-3H3. The van der Waals surface area contributed by atoms with Crippen LogP contribution in [0.4, 0.5) is 0 Å². The van der Waals surface area contributed by atoms with Crippen molar-refractivity contribution in [1.29, 1.82) is 0 Å². The van der Waals surface area contributed by atoms with E-state index in [4.69, 9.17) is 10.3 Å². The molecule has 0 spiro atoms. The lowest BCUT2D eigenvalue weighted by molar-refractivity contribution is 0.290. The van der Waals surface area contributed by atoms with Crippen LogP contribution in [0.3, 0.4) is 0 Å². The normalized spacial score (nSPS) is 14.3. The summed E-state index contributed by atoms with van der Waals surface area (Å²) in [6, 6.07) is 8.35. The Morgan fingerprint density at radius 3 is 2.89 bits per heavy atom. The molecule has 1 atom stereocenters. The van der Waals surface area contributed by atoms with Crippen LogP contribution in [0.15, 0.2) is 33.7 Å². The molecule has 1 aromatic heterocycles. The second-order valence-corrected chi connectivity index (χ2v) is 5.94. The van der Waals surface area contributed by atoms with Crippen molar-refractivity contribution >= 4 is 11.8 Å². The molecule has 4 nitrogen and oxygen atoms in total. The maximum absolute atomic E-state index is 6.07. The zero-order valence-corrected chi connectivity index (χ0v) is 12.3. The molecule has 0 aliphatic carbocycles. The van der Waals surface area contributed by atoms with Gasteiger partial charge in [-0.25, -0.2) is 0 Å². The van der Waals surface area contributed by atoms with E-state index in [1.807, 2.05) is 19.9 Å². The van der Waals surface area contributed by atoms with Crippen LogP contribution in [0.1, 0.15) is 37.5 Å². The largest absolute Gasteiger partial charge is 0.337 e. The Labute approximate surface area is 117 Å². The quantitative estimate of drug-likeness (QED) is 0.850. The Morgan fingerprint density at radius 2 is 2.21 bits per heavy atom. The van der Waals surface area contributed by atoms with Crippen molar-refractivity contribution in [3.05, 3.63) is 41.5 Å². The van der Waals surface area contributed by atoms with Gasteiger partial charge in [-0.2, -0.15) is 4.98 Å². The number of hydrogen-bond acceptors (Lipinski definition) is 5. The molecule has 102 valence electrons. The predicted octanol–water partition coefficient (Wildman–Crippen LogP) is 3.25. The lowest BCUT2D eigenvalue weighted by atomic mass is 10.0. The minimum absolute atomic E-state index is 0.509.